The summed E-state index contributed by atoms with van der Waals surface area (Å²) < 4.78 is 21.4. The Morgan fingerprint density at radius 3 is 2.46 bits per heavy atom. The van der Waals surface area contributed by atoms with E-state index in [2.05, 4.69) is 10.3 Å². The zero-order valence-corrected chi connectivity index (χ0v) is 21.4. The highest BCUT2D eigenvalue weighted by Crippen LogP contribution is 2.31. The first-order valence-corrected chi connectivity index (χ1v) is 12.1. The fourth-order valence-corrected chi connectivity index (χ4v) is 3.81. The molecule has 0 fully saturated rings. The number of nitrogens with one attached hydrogen (secondary N) is 1. The standard InChI is InChI=1S/C27H24N2O7S/c1-27(2,3)36-26(32)28-18-10-8-17(9-11-18)23-29-19(24(30)35-23)14-16-7-12-20(33-4)21(15-16)34-25(31)22-6-5-13-37-22/h5-15H,1-4H3,(H,28,32)/b19-14+. The van der Waals surface area contributed by atoms with E-state index in [0.717, 1.165) is 0 Å². The van der Waals surface area contributed by atoms with Gasteiger partial charge in [0.05, 0.1) is 7.11 Å². The number of aliphatic imine (C=N–C) groups is 1. The third-order valence-corrected chi connectivity index (χ3v) is 5.66. The molecule has 2 heterocycles. The normalized spacial score (nSPS) is 14.1. The maximum Gasteiger partial charge on any atom is 0.412 e. The van der Waals surface area contributed by atoms with Crippen LogP contribution in [0.2, 0.25) is 0 Å². The number of carbonyl (C=O) groups is 3. The van der Waals surface area contributed by atoms with Crippen molar-refractivity contribution in [1.82, 2.24) is 0 Å². The van der Waals surface area contributed by atoms with E-state index in [4.69, 9.17) is 18.9 Å². The number of carbonyl (C=O) groups excluding carboxylic acids is 3. The van der Waals surface area contributed by atoms with Crippen LogP contribution in [-0.2, 0) is 14.3 Å². The molecule has 0 aliphatic carbocycles. The number of esters is 2. The van der Waals surface area contributed by atoms with Crippen molar-refractivity contribution >= 4 is 47.0 Å². The minimum atomic E-state index is -0.626. The fraction of sp³-hybridized carbons (Fsp3) is 0.185. The first kappa shape index (κ1) is 25.6. The SMILES string of the molecule is COc1ccc(/C=C2/N=C(c3ccc(NC(=O)OC(C)(C)C)cc3)OC2=O)cc1OC(=O)c1cccs1. The molecule has 0 atom stereocenters. The van der Waals surface area contributed by atoms with Crippen molar-refractivity contribution in [2.45, 2.75) is 26.4 Å². The maximum absolute atomic E-state index is 12.5. The van der Waals surface area contributed by atoms with Crippen molar-refractivity contribution in [3.8, 4) is 11.5 Å². The van der Waals surface area contributed by atoms with Gasteiger partial charge in [0, 0.05) is 11.3 Å². The Labute approximate surface area is 217 Å². The molecule has 0 bridgehead atoms. The van der Waals surface area contributed by atoms with E-state index in [1.54, 1.807) is 80.7 Å². The number of benzene rings is 2. The summed E-state index contributed by atoms with van der Waals surface area (Å²) in [4.78, 5) is 41.5. The quantitative estimate of drug-likeness (QED) is 0.253. The molecule has 0 spiro atoms. The summed E-state index contributed by atoms with van der Waals surface area (Å²) in [6, 6.07) is 15.0. The molecule has 0 unspecified atom stereocenters. The molecule has 3 aromatic rings. The third kappa shape index (κ3) is 6.62. The topological polar surface area (TPSA) is 113 Å². The van der Waals surface area contributed by atoms with Gasteiger partial charge in [-0.3, -0.25) is 5.32 Å². The van der Waals surface area contributed by atoms with Gasteiger partial charge in [0.2, 0.25) is 5.90 Å². The van der Waals surface area contributed by atoms with Crippen LogP contribution in [0.25, 0.3) is 6.08 Å². The number of cyclic esters (lactones) is 1. The second-order valence-corrected chi connectivity index (χ2v) is 9.77. The molecule has 1 amide bonds. The summed E-state index contributed by atoms with van der Waals surface area (Å²) in [6.45, 7) is 5.33. The molecular formula is C27H24N2O7S. The van der Waals surface area contributed by atoms with Crippen LogP contribution < -0.4 is 14.8 Å². The minimum absolute atomic E-state index is 0.0756. The Morgan fingerprint density at radius 1 is 1.05 bits per heavy atom. The summed E-state index contributed by atoms with van der Waals surface area (Å²) >= 11 is 1.27. The van der Waals surface area contributed by atoms with Crippen LogP contribution in [0.5, 0.6) is 11.5 Å². The van der Waals surface area contributed by atoms with Crippen molar-refractivity contribution < 1.29 is 33.3 Å². The van der Waals surface area contributed by atoms with Crippen LogP contribution in [0.4, 0.5) is 10.5 Å². The summed E-state index contributed by atoms with van der Waals surface area (Å²) in [5.41, 5.74) is 1.08. The smallest absolute Gasteiger partial charge is 0.412 e. The summed E-state index contributed by atoms with van der Waals surface area (Å²) in [7, 11) is 1.47. The van der Waals surface area contributed by atoms with Gasteiger partial charge in [0.25, 0.3) is 0 Å². The lowest BCUT2D eigenvalue weighted by atomic mass is 10.1. The van der Waals surface area contributed by atoms with Crippen LogP contribution in [0.1, 0.15) is 41.6 Å². The predicted octanol–water partition coefficient (Wildman–Crippen LogP) is 5.67. The number of rotatable bonds is 6. The molecule has 1 aliphatic rings. The lowest BCUT2D eigenvalue weighted by Gasteiger charge is -2.19. The number of thiophene rings is 1. The number of anilines is 1. The highest BCUT2D eigenvalue weighted by molar-refractivity contribution is 7.12. The minimum Gasteiger partial charge on any atom is -0.493 e. The summed E-state index contributed by atoms with van der Waals surface area (Å²) in [5, 5.41) is 4.42. The van der Waals surface area contributed by atoms with Gasteiger partial charge in [-0.1, -0.05) is 12.1 Å². The summed E-state index contributed by atoms with van der Waals surface area (Å²) in [5.74, 6) is -0.440. The Bertz CT molecular complexity index is 1390. The first-order chi connectivity index (χ1) is 17.6. The van der Waals surface area contributed by atoms with Gasteiger partial charge >= 0.3 is 18.0 Å². The van der Waals surface area contributed by atoms with Crippen molar-refractivity contribution in [2.24, 2.45) is 4.99 Å². The van der Waals surface area contributed by atoms with Crippen LogP contribution in [-0.4, -0.2) is 36.6 Å². The molecule has 0 saturated heterocycles. The number of amides is 1. The van der Waals surface area contributed by atoms with Gasteiger partial charge < -0.3 is 18.9 Å². The van der Waals surface area contributed by atoms with Crippen molar-refractivity contribution in [3.05, 3.63) is 81.7 Å². The molecule has 0 radical (unpaired) electrons. The Hall–Kier alpha value is -4.44. The van der Waals surface area contributed by atoms with Crippen LogP contribution in [0.15, 0.2) is 70.7 Å². The second kappa shape index (κ2) is 10.7. The molecule has 4 rings (SSSR count). The molecule has 1 aliphatic heterocycles. The Morgan fingerprint density at radius 2 is 1.81 bits per heavy atom. The molecule has 2 aromatic carbocycles. The molecule has 10 heteroatoms. The van der Waals surface area contributed by atoms with Crippen LogP contribution in [0, 0.1) is 0 Å². The zero-order chi connectivity index (χ0) is 26.6. The van der Waals surface area contributed by atoms with Crippen LogP contribution in [0.3, 0.4) is 0 Å². The van der Waals surface area contributed by atoms with Crippen molar-refractivity contribution in [2.75, 3.05) is 12.4 Å². The number of hydrogen-bond donors (Lipinski definition) is 1. The first-order valence-electron chi connectivity index (χ1n) is 11.2. The number of ether oxygens (including phenoxy) is 4. The van der Waals surface area contributed by atoms with E-state index in [1.807, 2.05) is 0 Å². The Balaban J connectivity index is 1.50. The number of hydrogen-bond acceptors (Lipinski definition) is 9. The number of nitrogens with zero attached hydrogens (tertiary/aromatic N) is 1. The van der Waals surface area contributed by atoms with E-state index < -0.39 is 23.6 Å². The molecule has 1 aromatic heterocycles. The highest BCUT2D eigenvalue weighted by Gasteiger charge is 2.25. The van der Waals surface area contributed by atoms with Gasteiger partial charge in [-0.2, -0.15) is 0 Å². The monoisotopic (exact) mass is 520 g/mol. The van der Waals surface area contributed by atoms with Crippen LogP contribution >= 0.6 is 11.3 Å². The summed E-state index contributed by atoms with van der Waals surface area (Å²) in [6.07, 6.45) is 0.949. The molecule has 0 saturated carbocycles. The fourth-order valence-electron chi connectivity index (χ4n) is 3.22. The molecule has 1 N–H and O–H groups in total. The average molecular weight is 521 g/mol. The van der Waals surface area contributed by atoms with Gasteiger partial charge in [0.15, 0.2) is 17.2 Å². The molecule has 9 nitrogen and oxygen atoms in total. The largest absolute Gasteiger partial charge is 0.493 e. The van der Waals surface area contributed by atoms with E-state index >= 15 is 0 Å². The predicted molar refractivity (Wildman–Crippen MR) is 139 cm³/mol. The zero-order valence-electron chi connectivity index (χ0n) is 20.6. The van der Waals surface area contributed by atoms with Gasteiger partial charge in [0.1, 0.15) is 10.5 Å². The second-order valence-electron chi connectivity index (χ2n) is 8.82. The van der Waals surface area contributed by atoms with E-state index in [-0.39, 0.29) is 17.3 Å². The Kier molecular flexibility index (Phi) is 7.40. The molecule has 190 valence electrons. The van der Waals surface area contributed by atoms with Crippen molar-refractivity contribution in [1.29, 1.82) is 0 Å². The maximum atomic E-state index is 12.5. The van der Waals surface area contributed by atoms with Gasteiger partial charge in [-0.15, -0.1) is 11.3 Å². The number of methoxy groups -OCH3 is 1. The van der Waals surface area contributed by atoms with E-state index in [0.29, 0.717) is 27.4 Å². The van der Waals surface area contributed by atoms with E-state index in [9.17, 15) is 14.4 Å². The lowest BCUT2D eigenvalue weighted by molar-refractivity contribution is -0.129. The third-order valence-electron chi connectivity index (χ3n) is 4.81. The molecule has 37 heavy (non-hydrogen) atoms. The highest BCUT2D eigenvalue weighted by atomic mass is 32.1. The molecular weight excluding hydrogens is 496 g/mol. The van der Waals surface area contributed by atoms with Gasteiger partial charge in [-0.25, -0.2) is 19.4 Å². The average Bonchev–Trinajstić information content (AvgIpc) is 3.49. The van der Waals surface area contributed by atoms with Gasteiger partial charge in [-0.05, 0) is 80.3 Å². The van der Waals surface area contributed by atoms with Crippen molar-refractivity contribution in [3.63, 3.8) is 0 Å². The lowest BCUT2D eigenvalue weighted by Crippen LogP contribution is -2.27. The van der Waals surface area contributed by atoms with E-state index in [1.165, 1.54) is 24.5 Å².